The molecule has 0 unspecified atom stereocenters. The number of aromatic nitrogens is 1. The van der Waals surface area contributed by atoms with Crippen LogP contribution in [0.4, 0.5) is 13.2 Å². The summed E-state index contributed by atoms with van der Waals surface area (Å²) in [5.41, 5.74) is 0.619. The Morgan fingerprint density at radius 3 is 2.57 bits per heavy atom. The van der Waals surface area contributed by atoms with E-state index in [-0.39, 0.29) is 5.56 Å². The zero-order valence-corrected chi connectivity index (χ0v) is 7.13. The van der Waals surface area contributed by atoms with Crippen LogP contribution in [0.25, 0.3) is 0 Å². The SMILES string of the molecule is Cc1cc(OC(F)(F)F)ncc1C=O. The summed E-state index contributed by atoms with van der Waals surface area (Å²) in [5, 5.41) is 0. The van der Waals surface area contributed by atoms with Gasteiger partial charge in [0, 0.05) is 17.8 Å². The fourth-order valence-corrected chi connectivity index (χ4v) is 0.839. The quantitative estimate of drug-likeness (QED) is 0.694. The van der Waals surface area contributed by atoms with E-state index in [2.05, 4.69) is 9.72 Å². The van der Waals surface area contributed by atoms with Crippen LogP contribution in [0, 0.1) is 6.92 Å². The topological polar surface area (TPSA) is 39.2 Å². The molecule has 0 aliphatic carbocycles. The molecule has 0 bridgehead atoms. The molecule has 0 aliphatic heterocycles. The van der Waals surface area contributed by atoms with Gasteiger partial charge in [-0.3, -0.25) is 4.79 Å². The van der Waals surface area contributed by atoms with Crippen molar-refractivity contribution in [1.29, 1.82) is 0 Å². The van der Waals surface area contributed by atoms with E-state index in [9.17, 15) is 18.0 Å². The highest BCUT2D eigenvalue weighted by molar-refractivity contribution is 5.76. The summed E-state index contributed by atoms with van der Waals surface area (Å²) < 4.78 is 38.7. The number of hydrogen-bond acceptors (Lipinski definition) is 3. The van der Waals surface area contributed by atoms with E-state index in [0.717, 1.165) is 12.3 Å². The van der Waals surface area contributed by atoms with Crippen molar-refractivity contribution < 1.29 is 22.7 Å². The van der Waals surface area contributed by atoms with Crippen LogP contribution < -0.4 is 4.74 Å². The number of halogens is 3. The van der Waals surface area contributed by atoms with Crippen LogP contribution in [-0.2, 0) is 0 Å². The van der Waals surface area contributed by atoms with Crippen LogP contribution in [0.15, 0.2) is 12.3 Å². The second kappa shape index (κ2) is 3.65. The molecule has 14 heavy (non-hydrogen) atoms. The molecule has 0 fully saturated rings. The second-order valence-corrected chi connectivity index (χ2v) is 2.54. The number of aryl methyl sites for hydroxylation is 1. The lowest BCUT2D eigenvalue weighted by molar-refractivity contribution is -0.276. The predicted octanol–water partition coefficient (Wildman–Crippen LogP) is 2.10. The van der Waals surface area contributed by atoms with Gasteiger partial charge in [0.1, 0.15) is 0 Å². The molecule has 0 aromatic carbocycles. The number of rotatable bonds is 2. The van der Waals surface area contributed by atoms with E-state index < -0.39 is 12.2 Å². The van der Waals surface area contributed by atoms with Crippen molar-refractivity contribution >= 4 is 6.29 Å². The molecule has 0 saturated heterocycles. The smallest absolute Gasteiger partial charge is 0.388 e. The first-order valence-corrected chi connectivity index (χ1v) is 3.60. The van der Waals surface area contributed by atoms with E-state index in [4.69, 9.17) is 0 Å². The molecule has 1 aromatic heterocycles. The number of pyridine rings is 1. The molecule has 0 spiro atoms. The van der Waals surface area contributed by atoms with E-state index in [1.54, 1.807) is 0 Å². The van der Waals surface area contributed by atoms with Crippen molar-refractivity contribution in [2.45, 2.75) is 13.3 Å². The van der Waals surface area contributed by atoms with Crippen LogP contribution in [0.2, 0.25) is 0 Å². The van der Waals surface area contributed by atoms with Crippen molar-refractivity contribution in [1.82, 2.24) is 4.98 Å². The number of nitrogens with zero attached hydrogens (tertiary/aromatic N) is 1. The molecule has 76 valence electrons. The summed E-state index contributed by atoms with van der Waals surface area (Å²) in [4.78, 5) is 13.6. The molecule has 0 N–H and O–H groups in total. The lowest BCUT2D eigenvalue weighted by Gasteiger charge is -2.08. The normalized spacial score (nSPS) is 11.1. The van der Waals surface area contributed by atoms with Crippen molar-refractivity contribution in [2.75, 3.05) is 0 Å². The van der Waals surface area contributed by atoms with Crippen LogP contribution in [0.3, 0.4) is 0 Å². The monoisotopic (exact) mass is 205 g/mol. The fraction of sp³-hybridized carbons (Fsp3) is 0.250. The van der Waals surface area contributed by atoms with E-state index in [0.29, 0.717) is 11.8 Å². The first kappa shape index (κ1) is 10.5. The first-order valence-electron chi connectivity index (χ1n) is 3.60. The number of aldehydes is 1. The predicted molar refractivity (Wildman–Crippen MR) is 41.0 cm³/mol. The fourth-order valence-electron chi connectivity index (χ4n) is 0.839. The Labute approximate surface area is 77.5 Å². The summed E-state index contributed by atoms with van der Waals surface area (Å²) in [6, 6.07) is 1.05. The van der Waals surface area contributed by atoms with Gasteiger partial charge in [-0.15, -0.1) is 13.2 Å². The van der Waals surface area contributed by atoms with Gasteiger partial charge in [-0.05, 0) is 12.5 Å². The number of alkyl halides is 3. The number of ether oxygens (including phenoxy) is 1. The zero-order chi connectivity index (χ0) is 10.8. The molecule has 0 amide bonds. The zero-order valence-electron chi connectivity index (χ0n) is 7.13. The minimum atomic E-state index is -4.76. The maximum absolute atomic E-state index is 11.7. The summed E-state index contributed by atoms with van der Waals surface area (Å²) >= 11 is 0. The lowest BCUT2D eigenvalue weighted by Crippen LogP contribution is -2.18. The van der Waals surface area contributed by atoms with Gasteiger partial charge in [0.2, 0.25) is 5.88 Å². The molecule has 0 atom stereocenters. The molecule has 1 rings (SSSR count). The average Bonchev–Trinajstić information content (AvgIpc) is 2.01. The maximum Gasteiger partial charge on any atom is 0.574 e. The maximum atomic E-state index is 11.7. The molecule has 1 heterocycles. The third-order valence-corrected chi connectivity index (χ3v) is 1.47. The molecular weight excluding hydrogens is 199 g/mol. The van der Waals surface area contributed by atoms with Crippen molar-refractivity contribution in [3.63, 3.8) is 0 Å². The Balaban J connectivity index is 2.92. The minimum Gasteiger partial charge on any atom is -0.388 e. The average molecular weight is 205 g/mol. The molecular formula is C8H6F3NO2. The summed E-state index contributed by atoms with van der Waals surface area (Å²) in [6.45, 7) is 1.49. The van der Waals surface area contributed by atoms with Crippen LogP contribution in [0.1, 0.15) is 15.9 Å². The highest BCUT2D eigenvalue weighted by Gasteiger charge is 2.31. The lowest BCUT2D eigenvalue weighted by atomic mass is 10.2. The van der Waals surface area contributed by atoms with Crippen molar-refractivity contribution in [3.8, 4) is 5.88 Å². The van der Waals surface area contributed by atoms with Gasteiger partial charge >= 0.3 is 6.36 Å². The van der Waals surface area contributed by atoms with Crippen LogP contribution >= 0.6 is 0 Å². The number of carbonyl (C=O) groups excluding carboxylic acids is 1. The third-order valence-electron chi connectivity index (χ3n) is 1.47. The van der Waals surface area contributed by atoms with Crippen molar-refractivity contribution in [3.05, 3.63) is 23.4 Å². The van der Waals surface area contributed by atoms with Crippen LogP contribution in [0.5, 0.6) is 5.88 Å². The second-order valence-electron chi connectivity index (χ2n) is 2.54. The van der Waals surface area contributed by atoms with E-state index >= 15 is 0 Å². The van der Waals surface area contributed by atoms with Gasteiger partial charge in [0.25, 0.3) is 0 Å². The first-order chi connectivity index (χ1) is 6.42. The summed E-state index contributed by atoms with van der Waals surface area (Å²) in [7, 11) is 0. The van der Waals surface area contributed by atoms with Gasteiger partial charge in [0.15, 0.2) is 6.29 Å². The molecule has 6 heteroatoms. The Morgan fingerprint density at radius 1 is 1.50 bits per heavy atom. The van der Waals surface area contributed by atoms with Crippen LogP contribution in [-0.4, -0.2) is 17.6 Å². The molecule has 3 nitrogen and oxygen atoms in total. The van der Waals surface area contributed by atoms with Gasteiger partial charge < -0.3 is 4.74 Å². The third kappa shape index (κ3) is 2.72. The van der Waals surface area contributed by atoms with Gasteiger partial charge in [0.05, 0.1) is 0 Å². The Hall–Kier alpha value is -1.59. The largest absolute Gasteiger partial charge is 0.574 e. The van der Waals surface area contributed by atoms with E-state index in [1.807, 2.05) is 0 Å². The van der Waals surface area contributed by atoms with Gasteiger partial charge in [-0.2, -0.15) is 0 Å². The number of carbonyl (C=O) groups is 1. The number of hydrogen-bond donors (Lipinski definition) is 0. The Kier molecular flexibility index (Phi) is 2.73. The van der Waals surface area contributed by atoms with Crippen molar-refractivity contribution in [2.24, 2.45) is 0 Å². The van der Waals surface area contributed by atoms with Gasteiger partial charge in [-0.1, -0.05) is 0 Å². The highest BCUT2D eigenvalue weighted by Crippen LogP contribution is 2.21. The Morgan fingerprint density at radius 2 is 2.14 bits per heavy atom. The molecule has 0 aliphatic rings. The minimum absolute atomic E-state index is 0.236. The standard InChI is InChI=1S/C8H6F3NO2/c1-5-2-7(14-8(9,10)11)12-3-6(5)4-13/h2-4H,1H3. The van der Waals surface area contributed by atoms with E-state index in [1.165, 1.54) is 6.92 Å². The Bertz CT molecular complexity index is 349. The molecule has 0 radical (unpaired) electrons. The summed E-state index contributed by atoms with van der Waals surface area (Å²) in [5.74, 6) is -0.569. The highest BCUT2D eigenvalue weighted by atomic mass is 19.4. The molecule has 0 saturated carbocycles. The van der Waals surface area contributed by atoms with Gasteiger partial charge in [-0.25, -0.2) is 4.98 Å². The summed E-state index contributed by atoms with van der Waals surface area (Å²) in [6.07, 6.45) is -3.22. The molecule has 1 aromatic rings.